The van der Waals surface area contributed by atoms with E-state index in [2.05, 4.69) is 0 Å². The third-order valence-corrected chi connectivity index (χ3v) is 5.43. The van der Waals surface area contributed by atoms with Gasteiger partial charge >= 0.3 is 20.1 Å². The zero-order chi connectivity index (χ0) is 20.0. The molecule has 0 fully saturated rings. The molecule has 2 rings (SSSR count). The average Bonchev–Trinajstić information content (AvgIpc) is 2.62. The van der Waals surface area contributed by atoms with Crippen molar-refractivity contribution in [3.05, 3.63) is 48.0 Å². The Bertz CT molecular complexity index is 840. The van der Waals surface area contributed by atoms with Crippen molar-refractivity contribution in [1.29, 1.82) is 0 Å². The SMILES string of the molecule is CCCC(c1ccc2ccccc2c1)N(C(CCC(=O)O)C(=O)O)[P+](=O)O. The molecule has 0 aliphatic carbocycles. The normalized spacial score (nSPS) is 14.1. The number of rotatable bonds is 10. The molecule has 0 amide bonds. The summed E-state index contributed by atoms with van der Waals surface area (Å²) < 4.78 is 13.1. The molecule has 0 heterocycles. The first kappa shape index (κ1) is 21.0. The fourth-order valence-corrected chi connectivity index (χ4v) is 4.16. The molecule has 0 bridgehead atoms. The first-order valence-electron chi connectivity index (χ1n) is 8.72. The lowest BCUT2D eigenvalue weighted by atomic mass is 9.97. The van der Waals surface area contributed by atoms with Crippen molar-refractivity contribution >= 4 is 30.9 Å². The lowest BCUT2D eigenvalue weighted by Gasteiger charge is -2.26. The van der Waals surface area contributed by atoms with Crippen LogP contribution in [-0.2, 0) is 14.2 Å². The Hall–Kier alpha value is -2.34. The molecular formula is C19H23NO6P+. The van der Waals surface area contributed by atoms with Gasteiger partial charge in [0.15, 0.2) is 6.04 Å². The van der Waals surface area contributed by atoms with Crippen LogP contribution < -0.4 is 0 Å². The molecule has 0 radical (unpaired) electrons. The Balaban J connectivity index is 2.47. The minimum Gasteiger partial charge on any atom is -0.481 e. The van der Waals surface area contributed by atoms with Gasteiger partial charge in [0.05, 0.1) is 6.04 Å². The second-order valence-corrected chi connectivity index (χ2v) is 7.30. The number of carboxylic acid groups (broad SMARTS) is 2. The number of hydrogen-bond donors (Lipinski definition) is 3. The van der Waals surface area contributed by atoms with Gasteiger partial charge in [-0.25, -0.2) is 0 Å². The van der Waals surface area contributed by atoms with E-state index in [0.717, 1.165) is 21.0 Å². The first-order chi connectivity index (χ1) is 12.8. The van der Waals surface area contributed by atoms with E-state index < -0.39 is 38.6 Å². The van der Waals surface area contributed by atoms with Gasteiger partial charge in [0.25, 0.3) is 0 Å². The zero-order valence-corrected chi connectivity index (χ0v) is 15.9. The molecule has 7 nitrogen and oxygen atoms in total. The lowest BCUT2D eigenvalue weighted by molar-refractivity contribution is -0.143. The largest absolute Gasteiger partial charge is 0.614 e. The molecule has 0 spiro atoms. The average molecular weight is 392 g/mol. The Kier molecular flexibility index (Phi) is 7.42. The minimum atomic E-state index is -2.97. The zero-order valence-electron chi connectivity index (χ0n) is 15.0. The standard InChI is InChI=1S/C19H22NO6P/c1-2-5-16(15-9-8-13-6-3-4-7-14(13)12-15)20(27(25)26)17(19(23)24)10-11-18(21)22/h3-4,6-9,12,16-17H,2,5,10-11H2,1H3,(H2-,21,22,23,24,25,26)/p+1. The summed E-state index contributed by atoms with van der Waals surface area (Å²) in [6.07, 6.45) is 0.493. The molecule has 8 heteroatoms. The highest BCUT2D eigenvalue weighted by Crippen LogP contribution is 2.40. The highest BCUT2D eigenvalue weighted by molar-refractivity contribution is 7.35. The molecule has 0 aromatic heterocycles. The minimum absolute atomic E-state index is 0.250. The molecule has 2 aromatic rings. The second-order valence-electron chi connectivity index (χ2n) is 6.33. The molecule has 2 aromatic carbocycles. The van der Waals surface area contributed by atoms with E-state index in [1.54, 1.807) is 0 Å². The van der Waals surface area contributed by atoms with Gasteiger partial charge in [-0.1, -0.05) is 49.7 Å². The van der Waals surface area contributed by atoms with E-state index in [1.807, 2.05) is 49.4 Å². The molecule has 0 aliphatic heterocycles. The fraction of sp³-hybridized carbons (Fsp3) is 0.368. The number of carboxylic acids is 2. The fourth-order valence-electron chi connectivity index (χ4n) is 3.22. The summed E-state index contributed by atoms with van der Waals surface area (Å²) in [6, 6.07) is 11.3. The van der Waals surface area contributed by atoms with Crippen LogP contribution >= 0.6 is 8.18 Å². The molecule has 3 N–H and O–H groups in total. The molecule has 0 aliphatic rings. The summed E-state index contributed by atoms with van der Waals surface area (Å²) in [5, 5.41) is 20.4. The molecule has 144 valence electrons. The van der Waals surface area contributed by atoms with Crippen LogP contribution in [0, 0.1) is 0 Å². The summed E-state index contributed by atoms with van der Waals surface area (Å²) in [5.74, 6) is -2.46. The Morgan fingerprint density at radius 3 is 2.30 bits per heavy atom. The van der Waals surface area contributed by atoms with E-state index >= 15 is 0 Å². The summed E-state index contributed by atoms with van der Waals surface area (Å²) in [7, 11) is -2.97. The van der Waals surface area contributed by atoms with Gasteiger partial charge in [0, 0.05) is 6.42 Å². The van der Waals surface area contributed by atoms with Gasteiger partial charge in [-0.3, -0.25) is 9.59 Å². The molecule has 0 saturated carbocycles. The molecule has 3 atom stereocenters. The smallest absolute Gasteiger partial charge is 0.481 e. The Labute approximate surface area is 158 Å². The topological polar surface area (TPSA) is 115 Å². The van der Waals surface area contributed by atoms with Crippen LogP contribution in [-0.4, -0.2) is 37.8 Å². The third-order valence-electron chi connectivity index (χ3n) is 4.47. The van der Waals surface area contributed by atoms with Crippen molar-refractivity contribution in [2.45, 2.75) is 44.7 Å². The van der Waals surface area contributed by atoms with E-state index in [4.69, 9.17) is 5.11 Å². The van der Waals surface area contributed by atoms with Gasteiger partial charge in [-0.05, 0) is 44.5 Å². The van der Waals surface area contributed by atoms with Crippen molar-refractivity contribution in [2.75, 3.05) is 0 Å². The van der Waals surface area contributed by atoms with Crippen molar-refractivity contribution < 1.29 is 29.3 Å². The summed E-state index contributed by atoms with van der Waals surface area (Å²) in [5.41, 5.74) is 0.731. The van der Waals surface area contributed by atoms with Crippen LogP contribution in [0.3, 0.4) is 0 Å². The van der Waals surface area contributed by atoms with Gasteiger partial charge in [-0.15, -0.1) is 4.89 Å². The predicted octanol–water partition coefficient (Wildman–Crippen LogP) is 3.95. The number of nitrogens with zero attached hydrogens (tertiary/aromatic N) is 1. The van der Waals surface area contributed by atoms with E-state index in [0.29, 0.717) is 12.8 Å². The van der Waals surface area contributed by atoms with Gasteiger partial charge in [0.1, 0.15) is 0 Å². The summed E-state index contributed by atoms with van der Waals surface area (Å²) >= 11 is 0. The predicted molar refractivity (Wildman–Crippen MR) is 102 cm³/mol. The monoisotopic (exact) mass is 392 g/mol. The number of carbonyl (C=O) groups is 2. The Morgan fingerprint density at radius 1 is 1.07 bits per heavy atom. The van der Waals surface area contributed by atoms with Crippen LogP contribution in [0.25, 0.3) is 10.8 Å². The number of benzene rings is 2. The van der Waals surface area contributed by atoms with Gasteiger partial charge < -0.3 is 10.2 Å². The van der Waals surface area contributed by atoms with Crippen LogP contribution in [0.5, 0.6) is 0 Å². The Morgan fingerprint density at radius 2 is 1.74 bits per heavy atom. The maximum atomic E-state index is 12.1. The van der Waals surface area contributed by atoms with Gasteiger partial charge in [-0.2, -0.15) is 0 Å². The summed E-state index contributed by atoms with van der Waals surface area (Å²) in [4.78, 5) is 32.5. The van der Waals surface area contributed by atoms with Crippen molar-refractivity contribution in [2.24, 2.45) is 0 Å². The molecule has 27 heavy (non-hydrogen) atoms. The number of hydrogen-bond acceptors (Lipinski definition) is 3. The molecular weight excluding hydrogens is 369 g/mol. The van der Waals surface area contributed by atoms with Crippen molar-refractivity contribution in [1.82, 2.24) is 4.67 Å². The van der Waals surface area contributed by atoms with E-state index in [1.165, 1.54) is 0 Å². The maximum Gasteiger partial charge on any atom is 0.614 e. The first-order valence-corrected chi connectivity index (χ1v) is 9.89. The number of fused-ring (bicyclic) bond motifs is 1. The van der Waals surface area contributed by atoms with E-state index in [-0.39, 0.29) is 6.42 Å². The number of aliphatic carboxylic acids is 2. The van der Waals surface area contributed by atoms with Crippen molar-refractivity contribution in [3.8, 4) is 0 Å². The van der Waals surface area contributed by atoms with Gasteiger partial charge in [0.2, 0.25) is 0 Å². The van der Waals surface area contributed by atoms with Crippen molar-refractivity contribution in [3.63, 3.8) is 0 Å². The maximum absolute atomic E-state index is 12.1. The van der Waals surface area contributed by atoms with Crippen LogP contribution in [0.1, 0.15) is 44.2 Å². The van der Waals surface area contributed by atoms with Crippen LogP contribution in [0.2, 0.25) is 0 Å². The highest BCUT2D eigenvalue weighted by Gasteiger charge is 2.45. The van der Waals surface area contributed by atoms with E-state index in [9.17, 15) is 24.2 Å². The van der Waals surface area contributed by atoms with Crippen LogP contribution in [0.4, 0.5) is 0 Å². The summed E-state index contributed by atoms with van der Waals surface area (Å²) in [6.45, 7) is 1.91. The highest BCUT2D eigenvalue weighted by atomic mass is 31.1. The lowest BCUT2D eigenvalue weighted by Crippen LogP contribution is -2.39. The molecule has 0 saturated heterocycles. The molecule has 3 unspecified atom stereocenters. The quantitative estimate of drug-likeness (QED) is 0.524. The second kappa shape index (κ2) is 9.55. The third kappa shape index (κ3) is 5.32. The van der Waals surface area contributed by atoms with Crippen LogP contribution in [0.15, 0.2) is 42.5 Å².